The van der Waals surface area contributed by atoms with Crippen LogP contribution in [0.4, 0.5) is 0 Å². The first-order chi connectivity index (χ1) is 23.8. The molecule has 0 heterocycles. The second kappa shape index (κ2) is 34.6. The van der Waals surface area contributed by atoms with Gasteiger partial charge in [-0.1, -0.05) is 38.2 Å². The second-order valence-electron chi connectivity index (χ2n) is 12.4. The zero-order valence-corrected chi connectivity index (χ0v) is 33.2. The van der Waals surface area contributed by atoms with E-state index in [1.165, 1.54) is 0 Å². The number of hydrogen-bond acceptors (Lipinski definition) is 12. The molecule has 14 heteroatoms. The van der Waals surface area contributed by atoms with E-state index in [0.29, 0.717) is 90.9 Å². The predicted molar refractivity (Wildman–Crippen MR) is 208 cm³/mol. The Hall–Kier alpha value is -0.460. The van der Waals surface area contributed by atoms with E-state index in [2.05, 4.69) is 48.0 Å². The minimum Gasteiger partial charge on any atom is -0.330 e. The lowest BCUT2D eigenvalue weighted by molar-refractivity contribution is 0.185. The maximum Gasteiger partial charge on any atom is 0.331 e. The van der Waals surface area contributed by atoms with E-state index in [-0.39, 0.29) is 0 Å². The van der Waals surface area contributed by atoms with Crippen LogP contribution in [-0.2, 0) is 27.2 Å². The number of hydrogen-bond donors (Lipinski definition) is 4. The Labute approximate surface area is 300 Å². The highest BCUT2D eigenvalue weighted by atomic mass is 31.2. The van der Waals surface area contributed by atoms with Crippen LogP contribution >= 0.6 is 15.2 Å². The van der Waals surface area contributed by atoms with Crippen LogP contribution in [0.1, 0.15) is 97.3 Å². The predicted octanol–water partition coefficient (Wildman–Crippen LogP) is 6.10. The molecular weight excluding hydrogens is 662 g/mol. The summed E-state index contributed by atoms with van der Waals surface area (Å²) in [6, 6.07) is 0. The van der Waals surface area contributed by atoms with Crippen molar-refractivity contribution in [2.75, 3.05) is 104 Å². The first-order valence-corrected chi connectivity index (χ1v) is 22.6. The van der Waals surface area contributed by atoms with Crippen LogP contribution in [-0.4, -0.2) is 114 Å². The molecule has 0 aliphatic heterocycles. The molecule has 0 saturated heterocycles. The topological polar surface area (TPSA) is 182 Å². The summed E-state index contributed by atoms with van der Waals surface area (Å²) in [5.41, 5.74) is 23.0. The molecule has 49 heavy (non-hydrogen) atoms. The Morgan fingerprint density at radius 1 is 0.449 bits per heavy atom. The van der Waals surface area contributed by atoms with E-state index in [1.807, 2.05) is 0 Å². The van der Waals surface area contributed by atoms with Crippen molar-refractivity contribution in [1.82, 2.24) is 9.80 Å². The van der Waals surface area contributed by atoms with E-state index in [0.717, 1.165) is 96.8 Å². The van der Waals surface area contributed by atoms with E-state index in [9.17, 15) is 9.13 Å². The minimum atomic E-state index is -3.28. The monoisotopic (exact) mass is 739 g/mol. The summed E-state index contributed by atoms with van der Waals surface area (Å²) < 4.78 is 51.4. The van der Waals surface area contributed by atoms with Gasteiger partial charge in [0, 0.05) is 13.1 Å². The van der Waals surface area contributed by atoms with Crippen LogP contribution in [0.2, 0.25) is 0 Å². The van der Waals surface area contributed by atoms with Crippen molar-refractivity contribution in [3.05, 3.63) is 24.3 Å². The molecule has 0 aliphatic rings. The molecule has 2 atom stereocenters. The smallest absolute Gasteiger partial charge is 0.330 e. The van der Waals surface area contributed by atoms with Gasteiger partial charge in [0.1, 0.15) is 0 Å². The summed E-state index contributed by atoms with van der Waals surface area (Å²) in [5.74, 6) is 0. The molecular formula is C35H76N6O6P2. The van der Waals surface area contributed by atoms with Gasteiger partial charge in [-0.2, -0.15) is 0 Å². The highest BCUT2D eigenvalue weighted by molar-refractivity contribution is 7.54. The van der Waals surface area contributed by atoms with Crippen molar-refractivity contribution in [2.24, 2.45) is 22.9 Å². The lowest BCUT2D eigenvalue weighted by Gasteiger charge is -2.25. The molecule has 2 unspecified atom stereocenters. The van der Waals surface area contributed by atoms with Crippen molar-refractivity contribution < 1.29 is 27.2 Å². The molecule has 0 aromatic heterocycles. The summed E-state index contributed by atoms with van der Waals surface area (Å²) in [6.45, 7) is 12.7. The lowest BCUT2D eigenvalue weighted by atomic mass is 10.2. The average Bonchev–Trinajstić information content (AvgIpc) is 3.10. The van der Waals surface area contributed by atoms with Gasteiger partial charge >= 0.3 is 15.2 Å². The normalized spacial score (nSPS) is 14.9. The molecule has 0 aromatic carbocycles. The van der Waals surface area contributed by atoms with Crippen LogP contribution in [0.5, 0.6) is 0 Å². The van der Waals surface area contributed by atoms with Crippen molar-refractivity contribution >= 4 is 15.2 Å². The largest absolute Gasteiger partial charge is 0.331 e. The minimum absolute atomic E-state index is 0.329. The number of nitrogens with zero attached hydrogens (tertiary/aromatic N) is 2. The third kappa shape index (κ3) is 29.8. The Morgan fingerprint density at radius 2 is 0.776 bits per heavy atom. The number of rotatable bonds is 38. The Bertz CT molecular complexity index is 802. The molecule has 0 aromatic rings. The van der Waals surface area contributed by atoms with Crippen LogP contribution in [0.3, 0.4) is 0 Å². The van der Waals surface area contributed by atoms with Crippen molar-refractivity contribution in [3.8, 4) is 0 Å². The number of unbranched alkanes of at least 4 members (excludes halogenated alkanes) is 4. The standard InChI is InChI=1S/C35H76N6O6P2/c1-3-5-7-9-12-30-44-48(42,34-28-40(24-16-20-36)25-17-21-37)46-32-14-11-15-33-47-49(43,45-31-13-10-8-6-4-2)35-29-41(26-18-22-38)27-19-23-39/h5-8H,3-4,9-39H2,1-2H3/b7-5-,8-6-. The maximum atomic E-state index is 13.8. The van der Waals surface area contributed by atoms with Gasteiger partial charge in [-0.15, -0.1) is 0 Å². The van der Waals surface area contributed by atoms with E-state index >= 15 is 0 Å². The maximum absolute atomic E-state index is 13.8. The van der Waals surface area contributed by atoms with Crippen molar-refractivity contribution in [1.29, 1.82) is 0 Å². The van der Waals surface area contributed by atoms with E-state index in [4.69, 9.17) is 41.0 Å². The Morgan fingerprint density at radius 3 is 1.08 bits per heavy atom. The van der Waals surface area contributed by atoms with Gasteiger partial charge in [0.05, 0.1) is 38.8 Å². The van der Waals surface area contributed by atoms with Crippen LogP contribution in [0, 0.1) is 0 Å². The van der Waals surface area contributed by atoms with Crippen molar-refractivity contribution in [2.45, 2.75) is 97.3 Å². The molecule has 0 saturated carbocycles. The molecule has 292 valence electrons. The molecule has 8 N–H and O–H groups in total. The van der Waals surface area contributed by atoms with Crippen LogP contribution in [0.25, 0.3) is 0 Å². The molecule has 12 nitrogen and oxygen atoms in total. The quantitative estimate of drug-likeness (QED) is 0.0325. The molecule has 0 bridgehead atoms. The van der Waals surface area contributed by atoms with Gasteiger partial charge in [-0.25, -0.2) is 0 Å². The average molecular weight is 739 g/mol. The highest BCUT2D eigenvalue weighted by Crippen LogP contribution is 2.49. The van der Waals surface area contributed by atoms with Gasteiger partial charge in [-0.3, -0.25) is 9.13 Å². The van der Waals surface area contributed by atoms with Gasteiger partial charge in [0.25, 0.3) is 0 Å². The summed E-state index contributed by atoms with van der Waals surface area (Å²) >= 11 is 0. The number of allylic oxidation sites excluding steroid dienone is 4. The van der Waals surface area contributed by atoms with Crippen LogP contribution < -0.4 is 22.9 Å². The summed E-state index contributed by atoms with van der Waals surface area (Å²) in [4.78, 5) is 4.50. The fourth-order valence-electron chi connectivity index (χ4n) is 4.96. The first-order valence-electron chi connectivity index (χ1n) is 19.1. The molecule has 0 radical (unpaired) electrons. The zero-order valence-electron chi connectivity index (χ0n) is 31.4. The molecule has 0 aliphatic carbocycles. The van der Waals surface area contributed by atoms with E-state index in [1.54, 1.807) is 0 Å². The number of nitrogens with two attached hydrogens (primary N) is 4. The van der Waals surface area contributed by atoms with E-state index < -0.39 is 15.2 Å². The molecule has 0 amide bonds. The van der Waals surface area contributed by atoms with Gasteiger partial charge in [0.15, 0.2) is 0 Å². The summed E-state index contributed by atoms with van der Waals surface area (Å²) in [5, 5.41) is 0. The third-order valence-corrected chi connectivity index (χ3v) is 11.7. The zero-order chi connectivity index (χ0) is 36.3. The summed E-state index contributed by atoms with van der Waals surface area (Å²) in [6.07, 6.45) is 20.2. The van der Waals surface area contributed by atoms with Gasteiger partial charge in [-0.05, 0) is 136 Å². The molecule has 0 rings (SSSR count). The SMILES string of the molecule is CC/C=C\CCCOP(=O)(CCN(CCCN)CCCN)OCCCCCOP(=O)(CCN(CCCN)CCCN)OCCC/C=C\CC. The Balaban J connectivity index is 5.04. The second-order valence-corrected chi connectivity index (χ2v) is 16.7. The van der Waals surface area contributed by atoms with Crippen molar-refractivity contribution in [3.63, 3.8) is 0 Å². The third-order valence-electron chi connectivity index (χ3n) is 7.87. The first kappa shape index (κ1) is 48.5. The van der Waals surface area contributed by atoms with Gasteiger partial charge in [0.2, 0.25) is 0 Å². The van der Waals surface area contributed by atoms with Crippen LogP contribution in [0.15, 0.2) is 24.3 Å². The fourth-order valence-corrected chi connectivity index (χ4v) is 8.31. The Kier molecular flexibility index (Phi) is 34.3. The lowest BCUT2D eigenvalue weighted by Crippen LogP contribution is -2.31. The molecule has 0 fully saturated rings. The van der Waals surface area contributed by atoms with Gasteiger partial charge < -0.3 is 50.8 Å². The summed E-state index contributed by atoms with van der Waals surface area (Å²) in [7, 11) is -6.57. The fraction of sp³-hybridized carbons (Fsp3) is 0.886. The highest BCUT2D eigenvalue weighted by Gasteiger charge is 2.27. The molecule has 0 spiro atoms.